The van der Waals surface area contributed by atoms with Crippen molar-refractivity contribution >= 4 is 21.6 Å². The molecule has 0 heterocycles. The van der Waals surface area contributed by atoms with Gasteiger partial charge >= 0.3 is 0 Å². The number of benzene rings is 2. The number of hydrogen-bond donors (Lipinski definition) is 2. The van der Waals surface area contributed by atoms with Crippen molar-refractivity contribution < 1.29 is 17.6 Å². The summed E-state index contributed by atoms with van der Waals surface area (Å²) in [4.78, 5) is 12.3. The van der Waals surface area contributed by atoms with Gasteiger partial charge in [0, 0.05) is 17.8 Å². The van der Waals surface area contributed by atoms with E-state index in [1.807, 2.05) is 13.8 Å². The highest BCUT2D eigenvalue weighted by molar-refractivity contribution is 7.89. The second-order valence-electron chi connectivity index (χ2n) is 6.07. The summed E-state index contributed by atoms with van der Waals surface area (Å²) in [5.41, 5.74) is 0.630. The molecule has 2 aromatic carbocycles. The SMILES string of the molecule is CC(C)CCNS(=O)(=O)c1cccc(C(=O)Nc2ccc(F)cc2)c1. The van der Waals surface area contributed by atoms with E-state index in [1.54, 1.807) is 0 Å². The zero-order valence-corrected chi connectivity index (χ0v) is 14.9. The minimum Gasteiger partial charge on any atom is -0.322 e. The summed E-state index contributed by atoms with van der Waals surface area (Å²) in [5, 5.41) is 2.60. The van der Waals surface area contributed by atoms with Gasteiger partial charge in [0.1, 0.15) is 5.82 Å². The summed E-state index contributed by atoms with van der Waals surface area (Å²) in [5.74, 6) is -0.486. The predicted octanol–water partition coefficient (Wildman–Crippen LogP) is 3.40. The number of carbonyl (C=O) groups excluding carboxylic acids is 1. The number of sulfonamides is 1. The first-order valence-corrected chi connectivity index (χ1v) is 9.43. The van der Waals surface area contributed by atoms with Crippen molar-refractivity contribution in [1.82, 2.24) is 4.72 Å². The van der Waals surface area contributed by atoms with E-state index in [0.29, 0.717) is 18.2 Å². The molecule has 0 saturated carbocycles. The maximum atomic E-state index is 12.9. The summed E-state index contributed by atoms with van der Waals surface area (Å²) in [6, 6.07) is 11.1. The third-order valence-electron chi connectivity index (χ3n) is 3.52. The van der Waals surface area contributed by atoms with Crippen LogP contribution in [-0.2, 0) is 10.0 Å². The molecule has 0 atom stereocenters. The van der Waals surface area contributed by atoms with Crippen molar-refractivity contribution in [3.05, 3.63) is 59.9 Å². The van der Waals surface area contributed by atoms with E-state index < -0.39 is 21.7 Å². The third-order valence-corrected chi connectivity index (χ3v) is 4.98. The Morgan fingerprint density at radius 2 is 1.80 bits per heavy atom. The molecule has 0 fully saturated rings. The van der Waals surface area contributed by atoms with Crippen LogP contribution in [0.4, 0.5) is 10.1 Å². The molecule has 2 N–H and O–H groups in total. The molecule has 0 spiro atoms. The lowest BCUT2D eigenvalue weighted by Gasteiger charge is -2.10. The number of carbonyl (C=O) groups is 1. The average molecular weight is 364 g/mol. The van der Waals surface area contributed by atoms with Gasteiger partial charge in [0.25, 0.3) is 5.91 Å². The van der Waals surface area contributed by atoms with Gasteiger partial charge in [-0.1, -0.05) is 19.9 Å². The van der Waals surface area contributed by atoms with Crippen LogP contribution in [0.3, 0.4) is 0 Å². The van der Waals surface area contributed by atoms with E-state index in [-0.39, 0.29) is 10.5 Å². The smallest absolute Gasteiger partial charge is 0.255 e. The summed E-state index contributed by atoms with van der Waals surface area (Å²) in [7, 11) is -3.67. The molecule has 2 rings (SSSR count). The van der Waals surface area contributed by atoms with Gasteiger partial charge in [-0.25, -0.2) is 17.5 Å². The fourth-order valence-electron chi connectivity index (χ4n) is 2.11. The zero-order chi connectivity index (χ0) is 18.4. The molecule has 2 aromatic rings. The molecule has 1 amide bonds. The molecular formula is C18H21FN2O3S. The van der Waals surface area contributed by atoms with Crippen molar-refractivity contribution in [2.75, 3.05) is 11.9 Å². The first kappa shape index (κ1) is 19.1. The van der Waals surface area contributed by atoms with Crippen molar-refractivity contribution in [2.45, 2.75) is 25.2 Å². The summed E-state index contributed by atoms with van der Waals surface area (Å²) < 4.78 is 40.0. The van der Waals surface area contributed by atoms with Crippen molar-refractivity contribution in [3.8, 4) is 0 Å². The molecule has 0 radical (unpaired) electrons. The average Bonchev–Trinajstić information content (AvgIpc) is 2.56. The largest absolute Gasteiger partial charge is 0.322 e. The number of anilines is 1. The standard InChI is InChI=1S/C18H21FN2O3S/c1-13(2)10-11-20-25(23,24)17-5-3-4-14(12-17)18(22)21-16-8-6-15(19)7-9-16/h3-9,12-13,20H,10-11H2,1-2H3,(H,21,22). The van der Waals surface area contributed by atoms with Gasteiger partial charge < -0.3 is 5.32 Å². The highest BCUT2D eigenvalue weighted by Crippen LogP contribution is 2.15. The quantitative estimate of drug-likeness (QED) is 0.791. The normalized spacial score (nSPS) is 11.5. The molecule has 5 nitrogen and oxygen atoms in total. The van der Waals surface area contributed by atoms with Crippen molar-refractivity contribution in [1.29, 1.82) is 0 Å². The Labute approximate surface area is 147 Å². The fraction of sp³-hybridized carbons (Fsp3) is 0.278. The molecule has 7 heteroatoms. The van der Waals surface area contributed by atoms with Crippen LogP contribution >= 0.6 is 0 Å². The van der Waals surface area contributed by atoms with E-state index in [9.17, 15) is 17.6 Å². The van der Waals surface area contributed by atoms with Crippen LogP contribution in [0.2, 0.25) is 0 Å². The summed E-state index contributed by atoms with van der Waals surface area (Å²) in [6.07, 6.45) is 0.726. The maximum absolute atomic E-state index is 12.9. The minimum atomic E-state index is -3.67. The van der Waals surface area contributed by atoms with Gasteiger partial charge in [-0.2, -0.15) is 0 Å². The van der Waals surface area contributed by atoms with Gasteiger partial charge in [0.15, 0.2) is 0 Å². The van der Waals surface area contributed by atoms with E-state index >= 15 is 0 Å². The van der Waals surface area contributed by atoms with E-state index in [1.165, 1.54) is 48.5 Å². The fourth-order valence-corrected chi connectivity index (χ4v) is 3.20. The lowest BCUT2D eigenvalue weighted by atomic mass is 10.1. The lowest BCUT2D eigenvalue weighted by molar-refractivity contribution is 0.102. The van der Waals surface area contributed by atoms with Gasteiger partial charge in [-0.15, -0.1) is 0 Å². The number of halogens is 1. The third kappa shape index (κ3) is 5.65. The van der Waals surface area contributed by atoms with Crippen LogP contribution in [0.5, 0.6) is 0 Å². The molecule has 134 valence electrons. The Morgan fingerprint density at radius 1 is 1.12 bits per heavy atom. The van der Waals surface area contributed by atoms with Crippen molar-refractivity contribution in [2.24, 2.45) is 5.92 Å². The van der Waals surface area contributed by atoms with Crippen LogP contribution in [0.1, 0.15) is 30.6 Å². The number of amides is 1. The molecule has 0 unspecified atom stereocenters. The lowest BCUT2D eigenvalue weighted by Crippen LogP contribution is -2.26. The number of nitrogens with one attached hydrogen (secondary N) is 2. The molecule has 0 aliphatic heterocycles. The van der Waals surface area contributed by atoms with Crippen LogP contribution < -0.4 is 10.0 Å². The van der Waals surface area contributed by atoms with E-state index in [2.05, 4.69) is 10.0 Å². The zero-order valence-electron chi connectivity index (χ0n) is 14.1. The van der Waals surface area contributed by atoms with E-state index in [4.69, 9.17) is 0 Å². The van der Waals surface area contributed by atoms with E-state index in [0.717, 1.165) is 6.42 Å². The van der Waals surface area contributed by atoms with Gasteiger partial charge in [0.2, 0.25) is 10.0 Å². The van der Waals surface area contributed by atoms with Crippen LogP contribution in [-0.4, -0.2) is 20.9 Å². The Morgan fingerprint density at radius 3 is 2.44 bits per heavy atom. The Bertz CT molecular complexity index is 834. The predicted molar refractivity (Wildman–Crippen MR) is 95.4 cm³/mol. The number of rotatable bonds is 7. The maximum Gasteiger partial charge on any atom is 0.255 e. The second kappa shape index (κ2) is 8.22. The highest BCUT2D eigenvalue weighted by Gasteiger charge is 2.16. The summed E-state index contributed by atoms with van der Waals surface area (Å²) >= 11 is 0. The Balaban J connectivity index is 2.11. The monoisotopic (exact) mass is 364 g/mol. The van der Waals surface area contributed by atoms with Gasteiger partial charge in [-0.3, -0.25) is 4.79 Å². The highest BCUT2D eigenvalue weighted by atomic mass is 32.2. The minimum absolute atomic E-state index is 0.0306. The van der Waals surface area contributed by atoms with Crippen LogP contribution in [0, 0.1) is 11.7 Å². The topological polar surface area (TPSA) is 75.3 Å². The second-order valence-corrected chi connectivity index (χ2v) is 7.84. The molecular weight excluding hydrogens is 343 g/mol. The van der Waals surface area contributed by atoms with Crippen LogP contribution in [0.25, 0.3) is 0 Å². The van der Waals surface area contributed by atoms with Gasteiger partial charge in [-0.05, 0) is 54.8 Å². The first-order chi connectivity index (χ1) is 11.8. The van der Waals surface area contributed by atoms with Crippen molar-refractivity contribution in [3.63, 3.8) is 0 Å². The molecule has 0 saturated heterocycles. The molecule has 0 aromatic heterocycles. The van der Waals surface area contributed by atoms with Crippen LogP contribution in [0.15, 0.2) is 53.4 Å². The molecule has 0 aliphatic carbocycles. The molecule has 0 aliphatic rings. The molecule has 0 bridgehead atoms. The van der Waals surface area contributed by atoms with Gasteiger partial charge in [0.05, 0.1) is 4.90 Å². The molecule has 25 heavy (non-hydrogen) atoms. The summed E-state index contributed by atoms with van der Waals surface area (Å²) in [6.45, 7) is 4.36. The Hall–Kier alpha value is -2.25. The number of hydrogen-bond acceptors (Lipinski definition) is 3. The first-order valence-electron chi connectivity index (χ1n) is 7.94. The Kier molecular flexibility index (Phi) is 6.27.